The van der Waals surface area contributed by atoms with Gasteiger partial charge in [-0.2, -0.15) is 0 Å². The SMILES string of the molecule is CC1CC1CNC(=O)NC1CCCN(S(C)(=O)=O)C1. The highest BCUT2D eigenvalue weighted by Crippen LogP contribution is 2.36. The Kier molecular flexibility index (Phi) is 4.35. The van der Waals surface area contributed by atoms with Crippen LogP contribution >= 0.6 is 0 Å². The molecular formula is C12H23N3O3S. The molecular weight excluding hydrogens is 266 g/mol. The van der Waals surface area contributed by atoms with E-state index in [-0.39, 0.29) is 12.1 Å². The van der Waals surface area contributed by atoms with E-state index in [1.165, 1.54) is 17.0 Å². The van der Waals surface area contributed by atoms with E-state index >= 15 is 0 Å². The molecule has 0 spiro atoms. The maximum atomic E-state index is 11.7. The van der Waals surface area contributed by atoms with Crippen LogP contribution in [0.1, 0.15) is 26.2 Å². The third kappa shape index (κ3) is 4.35. The second kappa shape index (κ2) is 5.66. The first-order chi connectivity index (χ1) is 8.86. The number of carbonyl (C=O) groups excluding carboxylic acids is 1. The quantitative estimate of drug-likeness (QED) is 0.784. The summed E-state index contributed by atoms with van der Waals surface area (Å²) in [6, 6.07) is -0.264. The van der Waals surface area contributed by atoms with Gasteiger partial charge < -0.3 is 10.6 Å². The molecule has 2 rings (SSSR count). The second-order valence-corrected chi connectivity index (χ2v) is 7.77. The van der Waals surface area contributed by atoms with Crippen LogP contribution in [0, 0.1) is 11.8 Å². The average molecular weight is 289 g/mol. The van der Waals surface area contributed by atoms with Crippen LogP contribution in [-0.2, 0) is 10.0 Å². The van der Waals surface area contributed by atoms with Crippen molar-refractivity contribution in [3.8, 4) is 0 Å². The van der Waals surface area contributed by atoms with Gasteiger partial charge in [-0.3, -0.25) is 0 Å². The van der Waals surface area contributed by atoms with Gasteiger partial charge >= 0.3 is 6.03 Å². The molecule has 2 amide bonds. The summed E-state index contributed by atoms with van der Waals surface area (Å²) in [4.78, 5) is 11.7. The third-order valence-corrected chi connectivity index (χ3v) is 5.26. The van der Waals surface area contributed by atoms with Gasteiger partial charge in [-0.1, -0.05) is 6.92 Å². The predicted octanol–water partition coefficient (Wildman–Crippen LogP) is 0.366. The molecule has 2 aliphatic rings. The molecule has 1 saturated carbocycles. The highest BCUT2D eigenvalue weighted by Gasteiger charge is 2.32. The molecule has 7 heteroatoms. The Morgan fingerprint density at radius 3 is 2.68 bits per heavy atom. The van der Waals surface area contributed by atoms with Crippen LogP contribution in [-0.4, -0.2) is 50.7 Å². The maximum absolute atomic E-state index is 11.7. The fourth-order valence-electron chi connectivity index (χ4n) is 2.51. The van der Waals surface area contributed by atoms with Crippen molar-refractivity contribution in [1.82, 2.24) is 14.9 Å². The smallest absolute Gasteiger partial charge is 0.315 e. The highest BCUT2D eigenvalue weighted by atomic mass is 32.2. The number of piperidine rings is 1. The van der Waals surface area contributed by atoms with E-state index in [1.807, 2.05) is 0 Å². The molecule has 6 nitrogen and oxygen atoms in total. The minimum atomic E-state index is -3.16. The second-order valence-electron chi connectivity index (χ2n) is 5.79. The molecule has 1 saturated heterocycles. The standard InChI is InChI=1S/C12H23N3O3S/c1-9-6-10(9)7-13-12(16)14-11-4-3-5-15(8-11)19(2,17)18/h9-11H,3-8H2,1-2H3,(H2,13,14,16). The van der Waals surface area contributed by atoms with Crippen LogP contribution in [0.3, 0.4) is 0 Å². The minimum Gasteiger partial charge on any atom is -0.338 e. The minimum absolute atomic E-state index is 0.0832. The lowest BCUT2D eigenvalue weighted by molar-refractivity contribution is 0.225. The summed E-state index contributed by atoms with van der Waals surface area (Å²) in [5.74, 6) is 1.33. The highest BCUT2D eigenvalue weighted by molar-refractivity contribution is 7.88. The molecule has 1 aliphatic heterocycles. The molecule has 2 fully saturated rings. The summed E-state index contributed by atoms with van der Waals surface area (Å²) in [5, 5.41) is 5.72. The number of carbonyl (C=O) groups is 1. The Morgan fingerprint density at radius 2 is 2.11 bits per heavy atom. The Balaban J connectivity index is 1.73. The first-order valence-electron chi connectivity index (χ1n) is 6.85. The summed E-state index contributed by atoms with van der Waals surface area (Å²) in [6.45, 7) is 3.83. The van der Waals surface area contributed by atoms with Crippen LogP contribution in [0.25, 0.3) is 0 Å². The van der Waals surface area contributed by atoms with Crippen LogP contribution in [0.5, 0.6) is 0 Å². The lowest BCUT2D eigenvalue weighted by atomic mass is 10.1. The van der Waals surface area contributed by atoms with Crippen molar-refractivity contribution in [3.05, 3.63) is 0 Å². The fourth-order valence-corrected chi connectivity index (χ4v) is 3.42. The van der Waals surface area contributed by atoms with Crippen molar-refractivity contribution in [3.63, 3.8) is 0 Å². The van der Waals surface area contributed by atoms with Gasteiger partial charge in [-0.15, -0.1) is 0 Å². The number of nitrogens with one attached hydrogen (secondary N) is 2. The summed E-state index contributed by atoms with van der Waals surface area (Å²) in [5.41, 5.74) is 0. The molecule has 3 atom stereocenters. The van der Waals surface area contributed by atoms with Crippen LogP contribution in [0.4, 0.5) is 4.79 Å². The van der Waals surface area contributed by atoms with Crippen molar-refractivity contribution < 1.29 is 13.2 Å². The molecule has 1 aliphatic carbocycles. The van der Waals surface area contributed by atoms with E-state index in [0.29, 0.717) is 19.0 Å². The molecule has 2 N–H and O–H groups in total. The number of sulfonamides is 1. The van der Waals surface area contributed by atoms with Crippen LogP contribution < -0.4 is 10.6 Å². The summed E-state index contributed by atoms with van der Waals surface area (Å²) in [7, 11) is -3.16. The normalized spacial score (nSPS) is 31.8. The fraction of sp³-hybridized carbons (Fsp3) is 0.917. The molecule has 1 heterocycles. The van der Waals surface area contributed by atoms with Gasteiger partial charge in [0.1, 0.15) is 0 Å². The van der Waals surface area contributed by atoms with Crippen molar-refractivity contribution in [1.29, 1.82) is 0 Å². The van der Waals surface area contributed by atoms with E-state index in [4.69, 9.17) is 0 Å². The average Bonchev–Trinajstić information content (AvgIpc) is 3.02. The Hall–Kier alpha value is -0.820. The zero-order valence-electron chi connectivity index (χ0n) is 11.6. The largest absolute Gasteiger partial charge is 0.338 e. The van der Waals surface area contributed by atoms with E-state index in [2.05, 4.69) is 17.6 Å². The van der Waals surface area contributed by atoms with Crippen molar-refractivity contribution in [2.75, 3.05) is 25.9 Å². The lowest BCUT2D eigenvalue weighted by Gasteiger charge is -2.31. The first-order valence-corrected chi connectivity index (χ1v) is 8.70. The van der Waals surface area contributed by atoms with Crippen molar-refractivity contribution >= 4 is 16.1 Å². The molecule has 0 aromatic rings. The molecule has 110 valence electrons. The summed E-state index contributed by atoms with van der Waals surface area (Å²) >= 11 is 0. The molecule has 0 bridgehead atoms. The maximum Gasteiger partial charge on any atom is 0.315 e. The Bertz CT molecular complexity index is 438. The zero-order valence-corrected chi connectivity index (χ0v) is 12.4. The van der Waals surface area contributed by atoms with Gasteiger partial charge in [-0.05, 0) is 31.1 Å². The lowest BCUT2D eigenvalue weighted by Crippen LogP contribution is -2.51. The van der Waals surface area contributed by atoms with E-state index in [9.17, 15) is 13.2 Å². The van der Waals surface area contributed by atoms with Crippen molar-refractivity contribution in [2.24, 2.45) is 11.8 Å². The molecule has 19 heavy (non-hydrogen) atoms. The topological polar surface area (TPSA) is 78.5 Å². The monoisotopic (exact) mass is 289 g/mol. The van der Waals surface area contributed by atoms with Crippen molar-refractivity contribution in [2.45, 2.75) is 32.2 Å². The molecule has 0 aromatic carbocycles. The van der Waals surface area contributed by atoms with Crippen LogP contribution in [0.2, 0.25) is 0 Å². The van der Waals surface area contributed by atoms with Gasteiger partial charge in [0.25, 0.3) is 0 Å². The van der Waals surface area contributed by atoms with Gasteiger partial charge in [0.15, 0.2) is 0 Å². The predicted molar refractivity (Wildman–Crippen MR) is 73.2 cm³/mol. The molecule has 0 radical (unpaired) electrons. The number of rotatable bonds is 4. The number of hydrogen-bond donors (Lipinski definition) is 2. The first kappa shape index (κ1) is 14.6. The number of hydrogen-bond acceptors (Lipinski definition) is 3. The summed E-state index contributed by atoms with van der Waals surface area (Å²) < 4.78 is 24.4. The van der Waals surface area contributed by atoms with Gasteiger partial charge in [0, 0.05) is 25.7 Å². The molecule has 3 unspecified atom stereocenters. The van der Waals surface area contributed by atoms with Gasteiger partial charge in [0.2, 0.25) is 10.0 Å². The zero-order chi connectivity index (χ0) is 14.0. The van der Waals surface area contributed by atoms with Gasteiger partial charge in [-0.25, -0.2) is 17.5 Å². The van der Waals surface area contributed by atoms with E-state index in [1.54, 1.807) is 0 Å². The number of nitrogens with zero attached hydrogens (tertiary/aromatic N) is 1. The van der Waals surface area contributed by atoms with Gasteiger partial charge in [0.05, 0.1) is 6.26 Å². The molecule has 0 aromatic heterocycles. The third-order valence-electron chi connectivity index (χ3n) is 3.99. The number of urea groups is 1. The Morgan fingerprint density at radius 1 is 1.42 bits per heavy atom. The van der Waals surface area contributed by atoms with E-state index in [0.717, 1.165) is 25.3 Å². The summed E-state index contributed by atoms with van der Waals surface area (Å²) in [6.07, 6.45) is 4.02. The Labute approximate surface area is 115 Å². The number of amides is 2. The van der Waals surface area contributed by atoms with Crippen LogP contribution in [0.15, 0.2) is 0 Å². The van der Waals surface area contributed by atoms with E-state index < -0.39 is 10.0 Å².